The summed E-state index contributed by atoms with van der Waals surface area (Å²) in [5.41, 5.74) is 8.97. The second-order valence-corrected chi connectivity index (χ2v) is 4.35. The maximum atomic E-state index is 5.79. The van der Waals surface area contributed by atoms with Crippen LogP contribution in [-0.4, -0.2) is 16.0 Å². The summed E-state index contributed by atoms with van der Waals surface area (Å²) >= 11 is 0. The molecule has 2 aromatic rings. The fourth-order valence-corrected chi connectivity index (χ4v) is 1.77. The number of nitrogens with two attached hydrogens (primary N) is 1. The van der Waals surface area contributed by atoms with Crippen LogP contribution in [0.2, 0.25) is 0 Å². The van der Waals surface area contributed by atoms with Gasteiger partial charge in [-0.1, -0.05) is 30.3 Å². The highest BCUT2D eigenvalue weighted by molar-refractivity contribution is 5.54. The second-order valence-electron chi connectivity index (χ2n) is 4.35. The molecule has 88 valence electrons. The Hall–Kier alpha value is -1.74. The predicted molar refractivity (Wildman–Crippen MR) is 69.6 cm³/mol. The van der Waals surface area contributed by atoms with E-state index in [4.69, 9.17) is 5.73 Å². The van der Waals surface area contributed by atoms with Crippen molar-refractivity contribution in [2.45, 2.75) is 26.3 Å². The van der Waals surface area contributed by atoms with Crippen molar-refractivity contribution in [1.29, 1.82) is 0 Å². The third-order valence-corrected chi connectivity index (χ3v) is 2.65. The maximum Gasteiger partial charge on any atom is 0.159 e. The second kappa shape index (κ2) is 5.06. The van der Waals surface area contributed by atoms with Crippen molar-refractivity contribution in [3.8, 4) is 11.4 Å². The highest BCUT2D eigenvalue weighted by Crippen LogP contribution is 2.16. The lowest BCUT2D eigenvalue weighted by Crippen LogP contribution is -2.19. The Labute approximate surface area is 102 Å². The van der Waals surface area contributed by atoms with Crippen LogP contribution in [0.1, 0.15) is 18.2 Å². The van der Waals surface area contributed by atoms with Gasteiger partial charge in [0.05, 0.1) is 0 Å². The Morgan fingerprint density at radius 2 is 1.94 bits per heavy atom. The van der Waals surface area contributed by atoms with Crippen LogP contribution in [0.4, 0.5) is 0 Å². The molecule has 3 heteroatoms. The molecule has 1 unspecified atom stereocenters. The molecule has 1 aromatic carbocycles. The van der Waals surface area contributed by atoms with Gasteiger partial charge in [-0.15, -0.1) is 0 Å². The van der Waals surface area contributed by atoms with Crippen LogP contribution in [0.3, 0.4) is 0 Å². The van der Waals surface area contributed by atoms with Gasteiger partial charge in [0.25, 0.3) is 0 Å². The molecule has 0 fully saturated rings. The number of benzene rings is 1. The Balaban J connectivity index is 2.31. The first-order chi connectivity index (χ1) is 8.16. The van der Waals surface area contributed by atoms with Crippen LogP contribution in [0.25, 0.3) is 11.4 Å². The summed E-state index contributed by atoms with van der Waals surface area (Å²) in [5, 5.41) is 0. The zero-order chi connectivity index (χ0) is 12.3. The highest BCUT2D eigenvalue weighted by Gasteiger charge is 2.06. The van der Waals surface area contributed by atoms with Gasteiger partial charge in [-0.25, -0.2) is 9.97 Å². The molecule has 1 heterocycles. The van der Waals surface area contributed by atoms with Crippen LogP contribution >= 0.6 is 0 Å². The van der Waals surface area contributed by atoms with E-state index in [0.29, 0.717) is 0 Å². The molecule has 17 heavy (non-hydrogen) atoms. The number of aryl methyl sites for hydroxylation is 1. The Bertz CT molecular complexity index is 492. The molecule has 3 nitrogen and oxygen atoms in total. The van der Waals surface area contributed by atoms with Gasteiger partial charge in [-0.2, -0.15) is 0 Å². The number of nitrogens with zero attached hydrogens (tertiary/aromatic N) is 2. The first kappa shape index (κ1) is 11.7. The van der Waals surface area contributed by atoms with Gasteiger partial charge >= 0.3 is 0 Å². The van der Waals surface area contributed by atoms with Crippen molar-refractivity contribution >= 4 is 0 Å². The van der Waals surface area contributed by atoms with Crippen molar-refractivity contribution < 1.29 is 0 Å². The number of aromatic nitrogens is 2. The molecule has 2 rings (SSSR count). The van der Waals surface area contributed by atoms with Gasteiger partial charge in [-0.3, -0.25) is 0 Å². The van der Waals surface area contributed by atoms with E-state index in [1.165, 1.54) is 0 Å². The molecule has 0 saturated carbocycles. The standard InChI is InChI=1S/C14H17N3/c1-10(15)8-13-9-16-14(17-11(13)2)12-6-4-3-5-7-12/h3-7,9-10H,8,15H2,1-2H3. The summed E-state index contributed by atoms with van der Waals surface area (Å²) < 4.78 is 0. The molecule has 0 aliphatic heterocycles. The lowest BCUT2D eigenvalue weighted by Gasteiger charge is -2.09. The minimum Gasteiger partial charge on any atom is -0.328 e. The zero-order valence-electron chi connectivity index (χ0n) is 10.2. The summed E-state index contributed by atoms with van der Waals surface area (Å²) in [4.78, 5) is 8.93. The Morgan fingerprint density at radius 1 is 1.24 bits per heavy atom. The summed E-state index contributed by atoms with van der Waals surface area (Å²) in [7, 11) is 0. The van der Waals surface area contributed by atoms with Gasteiger partial charge in [0, 0.05) is 23.5 Å². The van der Waals surface area contributed by atoms with E-state index in [-0.39, 0.29) is 6.04 Å². The van der Waals surface area contributed by atoms with E-state index in [2.05, 4.69) is 9.97 Å². The van der Waals surface area contributed by atoms with Crippen molar-refractivity contribution in [1.82, 2.24) is 9.97 Å². The monoisotopic (exact) mass is 227 g/mol. The molecule has 2 N–H and O–H groups in total. The smallest absolute Gasteiger partial charge is 0.159 e. The van der Waals surface area contributed by atoms with Crippen molar-refractivity contribution in [3.05, 3.63) is 47.8 Å². The fraction of sp³-hybridized carbons (Fsp3) is 0.286. The summed E-state index contributed by atoms with van der Waals surface area (Å²) in [6.07, 6.45) is 2.70. The molecular weight excluding hydrogens is 210 g/mol. The highest BCUT2D eigenvalue weighted by atomic mass is 14.9. The third kappa shape index (κ3) is 2.88. The Morgan fingerprint density at radius 3 is 2.53 bits per heavy atom. The van der Waals surface area contributed by atoms with Crippen LogP contribution < -0.4 is 5.73 Å². The molecule has 1 aromatic heterocycles. The maximum absolute atomic E-state index is 5.79. The van der Waals surface area contributed by atoms with E-state index in [9.17, 15) is 0 Å². The van der Waals surface area contributed by atoms with Crippen LogP contribution in [-0.2, 0) is 6.42 Å². The van der Waals surface area contributed by atoms with E-state index in [0.717, 1.165) is 29.1 Å². The lowest BCUT2D eigenvalue weighted by atomic mass is 10.1. The molecule has 0 radical (unpaired) electrons. The first-order valence-corrected chi connectivity index (χ1v) is 5.80. The molecule has 0 bridgehead atoms. The van der Waals surface area contributed by atoms with Gasteiger partial charge in [0.15, 0.2) is 5.82 Å². The van der Waals surface area contributed by atoms with Crippen molar-refractivity contribution in [2.24, 2.45) is 5.73 Å². The quantitative estimate of drug-likeness (QED) is 0.875. The van der Waals surface area contributed by atoms with Gasteiger partial charge < -0.3 is 5.73 Å². The van der Waals surface area contributed by atoms with Crippen LogP contribution in [0, 0.1) is 6.92 Å². The molecule has 0 amide bonds. The fourth-order valence-electron chi connectivity index (χ4n) is 1.77. The van der Waals surface area contributed by atoms with Crippen LogP contribution in [0.15, 0.2) is 36.5 Å². The largest absolute Gasteiger partial charge is 0.328 e. The summed E-state index contributed by atoms with van der Waals surface area (Å²) in [6, 6.07) is 10.1. The molecule has 1 atom stereocenters. The van der Waals surface area contributed by atoms with E-state index in [1.807, 2.05) is 50.4 Å². The molecule has 0 aliphatic rings. The minimum atomic E-state index is 0.139. The lowest BCUT2D eigenvalue weighted by molar-refractivity contribution is 0.727. The number of hydrogen-bond acceptors (Lipinski definition) is 3. The molecule has 0 aliphatic carbocycles. The summed E-state index contributed by atoms with van der Waals surface area (Å²) in [6.45, 7) is 4.00. The summed E-state index contributed by atoms with van der Waals surface area (Å²) in [5.74, 6) is 0.775. The van der Waals surface area contributed by atoms with Crippen LogP contribution in [0.5, 0.6) is 0 Å². The topological polar surface area (TPSA) is 51.8 Å². The zero-order valence-corrected chi connectivity index (χ0v) is 10.2. The Kier molecular flexibility index (Phi) is 3.49. The average Bonchev–Trinajstić information content (AvgIpc) is 2.32. The molecule has 0 spiro atoms. The van der Waals surface area contributed by atoms with Crippen molar-refractivity contribution in [3.63, 3.8) is 0 Å². The van der Waals surface area contributed by atoms with Gasteiger partial charge in [0.1, 0.15) is 0 Å². The van der Waals surface area contributed by atoms with E-state index < -0.39 is 0 Å². The normalized spacial score (nSPS) is 12.4. The molecule has 0 saturated heterocycles. The predicted octanol–water partition coefficient (Wildman–Crippen LogP) is 2.34. The first-order valence-electron chi connectivity index (χ1n) is 5.80. The van der Waals surface area contributed by atoms with E-state index >= 15 is 0 Å². The third-order valence-electron chi connectivity index (χ3n) is 2.65. The van der Waals surface area contributed by atoms with Gasteiger partial charge in [-0.05, 0) is 25.8 Å². The SMILES string of the molecule is Cc1nc(-c2ccccc2)ncc1CC(C)N. The number of rotatable bonds is 3. The number of hydrogen-bond donors (Lipinski definition) is 1. The van der Waals surface area contributed by atoms with E-state index in [1.54, 1.807) is 0 Å². The molecular formula is C14H17N3. The van der Waals surface area contributed by atoms with Gasteiger partial charge in [0.2, 0.25) is 0 Å². The van der Waals surface area contributed by atoms with Crippen molar-refractivity contribution in [2.75, 3.05) is 0 Å². The average molecular weight is 227 g/mol. The minimum absolute atomic E-state index is 0.139.